The SMILES string of the molecule is Fc1ccccc1N1CCCC(Nc2nnc(C3CC3)s2)C1. The molecule has 1 aromatic carbocycles. The van der Waals surface area contributed by atoms with Gasteiger partial charge in [-0.25, -0.2) is 4.39 Å². The molecule has 0 amide bonds. The summed E-state index contributed by atoms with van der Waals surface area (Å²) in [6.45, 7) is 1.71. The maximum Gasteiger partial charge on any atom is 0.205 e. The summed E-state index contributed by atoms with van der Waals surface area (Å²) >= 11 is 1.67. The molecule has 6 heteroatoms. The fourth-order valence-electron chi connectivity index (χ4n) is 2.98. The minimum Gasteiger partial charge on any atom is -0.367 e. The van der Waals surface area contributed by atoms with E-state index >= 15 is 0 Å². The highest BCUT2D eigenvalue weighted by Gasteiger charge is 2.28. The minimum absolute atomic E-state index is 0.143. The molecule has 2 fully saturated rings. The van der Waals surface area contributed by atoms with Crippen molar-refractivity contribution in [2.45, 2.75) is 37.6 Å². The molecule has 0 radical (unpaired) electrons. The van der Waals surface area contributed by atoms with Gasteiger partial charge in [-0.2, -0.15) is 0 Å². The number of halogens is 1. The van der Waals surface area contributed by atoms with Gasteiger partial charge in [-0.15, -0.1) is 10.2 Å². The molecule has 4 rings (SSSR count). The van der Waals surface area contributed by atoms with Gasteiger partial charge in [-0.05, 0) is 37.8 Å². The smallest absolute Gasteiger partial charge is 0.205 e. The molecule has 1 aliphatic heterocycles. The predicted octanol–water partition coefficient (Wildman–Crippen LogP) is 3.64. The van der Waals surface area contributed by atoms with Crippen LogP contribution in [0, 0.1) is 5.82 Å². The third kappa shape index (κ3) is 2.92. The van der Waals surface area contributed by atoms with Gasteiger partial charge in [0.2, 0.25) is 5.13 Å². The fourth-order valence-corrected chi connectivity index (χ4v) is 3.97. The first-order chi connectivity index (χ1) is 10.8. The summed E-state index contributed by atoms with van der Waals surface area (Å²) in [5, 5.41) is 14.1. The molecule has 0 spiro atoms. The number of nitrogens with one attached hydrogen (secondary N) is 1. The Balaban J connectivity index is 1.43. The highest BCUT2D eigenvalue weighted by Crippen LogP contribution is 2.42. The second kappa shape index (κ2) is 5.83. The lowest BCUT2D eigenvalue weighted by Gasteiger charge is -2.34. The van der Waals surface area contributed by atoms with Gasteiger partial charge in [-0.3, -0.25) is 0 Å². The Hall–Kier alpha value is -1.69. The van der Waals surface area contributed by atoms with Crippen LogP contribution in [0.15, 0.2) is 24.3 Å². The molecule has 116 valence electrons. The average molecular weight is 318 g/mol. The zero-order valence-corrected chi connectivity index (χ0v) is 13.2. The highest BCUT2D eigenvalue weighted by molar-refractivity contribution is 7.15. The van der Waals surface area contributed by atoms with Crippen molar-refractivity contribution in [3.05, 3.63) is 35.1 Å². The summed E-state index contributed by atoms with van der Waals surface area (Å²) in [6, 6.07) is 7.31. The number of piperidine rings is 1. The van der Waals surface area contributed by atoms with E-state index < -0.39 is 0 Å². The first-order valence-electron chi connectivity index (χ1n) is 7.89. The fraction of sp³-hybridized carbons (Fsp3) is 0.500. The van der Waals surface area contributed by atoms with E-state index in [4.69, 9.17) is 0 Å². The molecular formula is C16H19FN4S. The zero-order chi connectivity index (χ0) is 14.9. The molecule has 1 N–H and O–H groups in total. The number of nitrogens with zero attached hydrogens (tertiary/aromatic N) is 3. The van der Waals surface area contributed by atoms with Crippen LogP contribution in [-0.2, 0) is 0 Å². The van der Waals surface area contributed by atoms with Crippen molar-refractivity contribution in [2.24, 2.45) is 0 Å². The maximum atomic E-state index is 13.9. The Bertz CT molecular complexity index is 655. The summed E-state index contributed by atoms with van der Waals surface area (Å²) in [6.07, 6.45) is 4.64. The topological polar surface area (TPSA) is 41.0 Å². The van der Waals surface area contributed by atoms with E-state index in [1.807, 2.05) is 12.1 Å². The normalized spacial score (nSPS) is 21.9. The van der Waals surface area contributed by atoms with Gasteiger partial charge in [0.25, 0.3) is 0 Å². The molecule has 1 aromatic heterocycles. The lowest BCUT2D eigenvalue weighted by molar-refractivity contribution is 0.518. The Labute approximate surface area is 133 Å². The summed E-state index contributed by atoms with van der Waals surface area (Å²) in [4.78, 5) is 2.12. The molecular weight excluding hydrogens is 299 g/mol. The molecule has 22 heavy (non-hydrogen) atoms. The second-order valence-corrected chi connectivity index (χ2v) is 7.11. The van der Waals surface area contributed by atoms with E-state index in [1.54, 1.807) is 17.4 Å². The van der Waals surface area contributed by atoms with Crippen LogP contribution in [0.1, 0.15) is 36.6 Å². The Morgan fingerprint density at radius 2 is 2.05 bits per heavy atom. The number of anilines is 2. The number of benzene rings is 1. The van der Waals surface area contributed by atoms with Crippen LogP contribution in [0.5, 0.6) is 0 Å². The van der Waals surface area contributed by atoms with E-state index in [1.165, 1.54) is 18.9 Å². The van der Waals surface area contributed by atoms with Crippen LogP contribution >= 0.6 is 11.3 Å². The van der Waals surface area contributed by atoms with Crippen molar-refractivity contribution in [3.63, 3.8) is 0 Å². The summed E-state index contributed by atoms with van der Waals surface area (Å²) in [5.41, 5.74) is 0.699. The third-order valence-electron chi connectivity index (χ3n) is 4.31. The summed E-state index contributed by atoms with van der Waals surface area (Å²) < 4.78 is 13.9. The van der Waals surface area contributed by atoms with E-state index in [-0.39, 0.29) is 5.82 Å². The van der Waals surface area contributed by atoms with Crippen molar-refractivity contribution in [1.29, 1.82) is 0 Å². The van der Waals surface area contributed by atoms with Gasteiger partial charge < -0.3 is 10.2 Å². The highest BCUT2D eigenvalue weighted by atomic mass is 32.1. The Morgan fingerprint density at radius 1 is 1.18 bits per heavy atom. The molecule has 1 unspecified atom stereocenters. The molecule has 1 saturated heterocycles. The van der Waals surface area contributed by atoms with Gasteiger partial charge in [0.15, 0.2) is 0 Å². The Morgan fingerprint density at radius 3 is 2.86 bits per heavy atom. The van der Waals surface area contributed by atoms with Crippen LogP contribution in [0.25, 0.3) is 0 Å². The monoisotopic (exact) mass is 318 g/mol. The predicted molar refractivity (Wildman–Crippen MR) is 87.1 cm³/mol. The van der Waals surface area contributed by atoms with E-state index in [0.29, 0.717) is 17.6 Å². The van der Waals surface area contributed by atoms with Crippen LogP contribution < -0.4 is 10.2 Å². The maximum absolute atomic E-state index is 13.9. The lowest BCUT2D eigenvalue weighted by atomic mass is 10.1. The lowest BCUT2D eigenvalue weighted by Crippen LogP contribution is -2.42. The summed E-state index contributed by atoms with van der Waals surface area (Å²) in [7, 11) is 0. The number of aromatic nitrogens is 2. The van der Waals surface area contributed by atoms with Crippen LogP contribution in [0.2, 0.25) is 0 Å². The molecule has 2 aliphatic rings. The number of hydrogen-bond acceptors (Lipinski definition) is 5. The molecule has 2 heterocycles. The second-order valence-electron chi connectivity index (χ2n) is 6.10. The molecule has 2 aromatic rings. The van der Waals surface area contributed by atoms with Crippen molar-refractivity contribution in [1.82, 2.24) is 10.2 Å². The third-order valence-corrected chi connectivity index (χ3v) is 5.33. The molecule has 1 atom stereocenters. The quantitative estimate of drug-likeness (QED) is 0.934. The van der Waals surface area contributed by atoms with Gasteiger partial charge in [0.1, 0.15) is 10.8 Å². The van der Waals surface area contributed by atoms with E-state index in [9.17, 15) is 4.39 Å². The van der Waals surface area contributed by atoms with Crippen molar-refractivity contribution in [2.75, 3.05) is 23.3 Å². The van der Waals surface area contributed by atoms with Gasteiger partial charge in [0.05, 0.1) is 5.69 Å². The van der Waals surface area contributed by atoms with Crippen LogP contribution in [0.3, 0.4) is 0 Å². The first-order valence-corrected chi connectivity index (χ1v) is 8.70. The van der Waals surface area contributed by atoms with Gasteiger partial charge in [-0.1, -0.05) is 23.5 Å². The van der Waals surface area contributed by atoms with Crippen LogP contribution in [0.4, 0.5) is 15.2 Å². The molecule has 1 saturated carbocycles. The number of para-hydroxylation sites is 1. The van der Waals surface area contributed by atoms with Gasteiger partial charge in [0, 0.05) is 25.0 Å². The molecule has 4 nitrogen and oxygen atoms in total. The number of rotatable bonds is 4. The summed E-state index contributed by atoms with van der Waals surface area (Å²) in [5.74, 6) is 0.504. The van der Waals surface area contributed by atoms with Crippen molar-refractivity contribution in [3.8, 4) is 0 Å². The van der Waals surface area contributed by atoms with E-state index in [0.717, 1.165) is 36.1 Å². The minimum atomic E-state index is -0.143. The van der Waals surface area contributed by atoms with Gasteiger partial charge >= 0.3 is 0 Å². The van der Waals surface area contributed by atoms with Crippen molar-refractivity contribution >= 4 is 22.2 Å². The molecule has 1 aliphatic carbocycles. The van der Waals surface area contributed by atoms with E-state index in [2.05, 4.69) is 20.4 Å². The number of hydrogen-bond donors (Lipinski definition) is 1. The standard InChI is InChI=1S/C16H19FN4S/c17-13-5-1-2-6-14(13)21-9-3-4-12(10-21)18-16-20-19-15(22-16)11-7-8-11/h1-2,5-6,11-12H,3-4,7-10H2,(H,18,20). The first kappa shape index (κ1) is 13.9. The average Bonchev–Trinajstić information content (AvgIpc) is 3.28. The molecule has 0 bridgehead atoms. The van der Waals surface area contributed by atoms with Crippen molar-refractivity contribution < 1.29 is 4.39 Å². The zero-order valence-electron chi connectivity index (χ0n) is 12.3. The van der Waals surface area contributed by atoms with Crippen LogP contribution in [-0.4, -0.2) is 29.3 Å². The Kier molecular flexibility index (Phi) is 3.70. The largest absolute Gasteiger partial charge is 0.367 e.